The normalized spacial score (nSPS) is 23.2. The van der Waals surface area contributed by atoms with E-state index in [1.165, 1.54) is 23.3 Å². The Hall–Kier alpha value is -2.49. The van der Waals surface area contributed by atoms with E-state index in [0.29, 0.717) is 0 Å². The van der Waals surface area contributed by atoms with Gasteiger partial charge in [0.25, 0.3) is 0 Å². The van der Waals surface area contributed by atoms with Crippen molar-refractivity contribution in [3.05, 3.63) is 96.1 Å². The van der Waals surface area contributed by atoms with Gasteiger partial charge in [-0.3, -0.25) is 4.79 Å². The molecule has 0 saturated carbocycles. The van der Waals surface area contributed by atoms with E-state index >= 15 is 0 Å². The number of hydrogen-bond acceptors (Lipinski definition) is 3. The summed E-state index contributed by atoms with van der Waals surface area (Å²) in [5, 5.41) is 0. The van der Waals surface area contributed by atoms with Gasteiger partial charge in [0.1, 0.15) is 0 Å². The molecule has 1 spiro atoms. The van der Waals surface area contributed by atoms with E-state index in [1.807, 2.05) is 12.1 Å². The predicted molar refractivity (Wildman–Crippen MR) is 105 cm³/mol. The summed E-state index contributed by atoms with van der Waals surface area (Å²) in [5.41, 5.74) is 2.60. The van der Waals surface area contributed by atoms with Crippen LogP contribution in [0.2, 0.25) is 0 Å². The Kier molecular flexibility index (Phi) is 5.33. The number of carbonyl (C=O) groups excluding carboxylic acids is 1. The largest absolute Gasteiger partial charge is 0.337 e. The summed E-state index contributed by atoms with van der Waals surface area (Å²) in [7, 11) is 0. The molecule has 1 aliphatic heterocycles. The van der Waals surface area contributed by atoms with Crippen LogP contribution in [0.3, 0.4) is 0 Å². The van der Waals surface area contributed by atoms with E-state index in [2.05, 4.69) is 48.5 Å². The monoisotopic (exact) mass is 360 g/mol. The van der Waals surface area contributed by atoms with Crippen molar-refractivity contribution in [1.29, 1.82) is 0 Å². The SMILES string of the molecule is O=C1C=CC2(C=C1)O[C@@H](CCc1ccccc1)[C@H](CCc1ccccc1)O2. The van der Waals surface area contributed by atoms with Gasteiger partial charge in [0.05, 0.1) is 12.2 Å². The van der Waals surface area contributed by atoms with Crippen LogP contribution in [0.25, 0.3) is 0 Å². The fourth-order valence-corrected chi connectivity index (χ4v) is 3.71. The molecule has 0 radical (unpaired) electrons. The van der Waals surface area contributed by atoms with Gasteiger partial charge in [0, 0.05) is 0 Å². The molecular weight excluding hydrogens is 336 g/mol. The van der Waals surface area contributed by atoms with Gasteiger partial charge < -0.3 is 9.47 Å². The molecule has 0 unspecified atom stereocenters. The average Bonchev–Trinajstić information content (AvgIpc) is 3.06. The quantitative estimate of drug-likeness (QED) is 0.765. The molecule has 1 fully saturated rings. The maximum absolute atomic E-state index is 11.5. The first-order chi connectivity index (χ1) is 13.2. The second-order valence-electron chi connectivity index (χ2n) is 7.15. The Morgan fingerprint density at radius 3 is 1.59 bits per heavy atom. The van der Waals surface area contributed by atoms with E-state index in [-0.39, 0.29) is 18.0 Å². The number of aryl methyl sites for hydroxylation is 2. The Balaban J connectivity index is 1.45. The highest BCUT2D eigenvalue weighted by Gasteiger charge is 2.44. The van der Waals surface area contributed by atoms with Crippen LogP contribution >= 0.6 is 0 Å². The number of rotatable bonds is 6. The zero-order chi connectivity index (χ0) is 18.5. The van der Waals surface area contributed by atoms with Crippen LogP contribution in [0.5, 0.6) is 0 Å². The standard InChI is InChI=1S/C24H24O3/c25-21-15-17-24(18-16-21)26-22(13-11-19-7-3-1-4-8-19)23(27-24)14-12-20-9-5-2-6-10-20/h1-10,15-18,22-23H,11-14H2/t22-,23-/m0/s1. The minimum atomic E-state index is -0.892. The van der Waals surface area contributed by atoms with Crippen LogP contribution in [0.1, 0.15) is 24.0 Å². The number of allylic oxidation sites excluding steroid dienone is 2. The maximum Gasteiger partial charge on any atom is 0.209 e. The highest BCUT2D eigenvalue weighted by molar-refractivity contribution is 6.00. The van der Waals surface area contributed by atoms with Crippen molar-refractivity contribution in [2.45, 2.75) is 43.7 Å². The van der Waals surface area contributed by atoms with Crippen LogP contribution in [-0.2, 0) is 27.1 Å². The molecule has 2 aliphatic rings. The van der Waals surface area contributed by atoms with Crippen LogP contribution in [-0.4, -0.2) is 23.8 Å². The molecule has 2 atom stereocenters. The number of carbonyl (C=O) groups is 1. The van der Waals surface area contributed by atoms with Crippen LogP contribution < -0.4 is 0 Å². The Labute approximate surface area is 160 Å². The molecule has 0 aromatic heterocycles. The maximum atomic E-state index is 11.5. The molecule has 4 rings (SSSR count). The third kappa shape index (κ3) is 4.44. The van der Waals surface area contributed by atoms with Crippen molar-refractivity contribution in [3.8, 4) is 0 Å². The summed E-state index contributed by atoms with van der Waals surface area (Å²) in [5.74, 6) is -0.919. The van der Waals surface area contributed by atoms with Crippen molar-refractivity contribution in [2.75, 3.05) is 0 Å². The van der Waals surface area contributed by atoms with Crippen LogP contribution in [0, 0.1) is 0 Å². The van der Waals surface area contributed by atoms with Gasteiger partial charge in [-0.05, 0) is 61.1 Å². The molecule has 27 heavy (non-hydrogen) atoms. The van der Waals surface area contributed by atoms with E-state index in [4.69, 9.17) is 9.47 Å². The first-order valence-electron chi connectivity index (χ1n) is 9.58. The van der Waals surface area contributed by atoms with Crippen LogP contribution in [0.4, 0.5) is 0 Å². The van der Waals surface area contributed by atoms with Crippen molar-refractivity contribution < 1.29 is 14.3 Å². The topological polar surface area (TPSA) is 35.5 Å². The highest BCUT2D eigenvalue weighted by atomic mass is 16.8. The molecule has 0 N–H and O–H groups in total. The highest BCUT2D eigenvalue weighted by Crippen LogP contribution is 2.36. The van der Waals surface area contributed by atoms with E-state index in [9.17, 15) is 4.79 Å². The Morgan fingerprint density at radius 2 is 1.15 bits per heavy atom. The second-order valence-corrected chi connectivity index (χ2v) is 7.15. The molecule has 1 heterocycles. The molecule has 3 heteroatoms. The van der Waals surface area contributed by atoms with E-state index < -0.39 is 5.79 Å². The molecule has 1 aliphatic carbocycles. The Morgan fingerprint density at radius 1 is 0.704 bits per heavy atom. The summed E-state index contributed by atoms with van der Waals surface area (Å²) in [6.45, 7) is 0. The second kappa shape index (κ2) is 8.03. The summed E-state index contributed by atoms with van der Waals surface area (Å²) >= 11 is 0. The van der Waals surface area contributed by atoms with Gasteiger partial charge in [-0.25, -0.2) is 0 Å². The summed E-state index contributed by atoms with van der Waals surface area (Å²) < 4.78 is 12.6. The first-order valence-corrected chi connectivity index (χ1v) is 9.58. The third-order valence-electron chi connectivity index (χ3n) is 5.17. The van der Waals surface area contributed by atoms with Gasteiger partial charge in [0.2, 0.25) is 5.79 Å². The van der Waals surface area contributed by atoms with Gasteiger partial charge in [-0.15, -0.1) is 0 Å². The summed E-state index contributed by atoms with van der Waals surface area (Å²) in [6, 6.07) is 20.9. The lowest BCUT2D eigenvalue weighted by molar-refractivity contribution is -0.115. The van der Waals surface area contributed by atoms with Crippen molar-refractivity contribution in [3.63, 3.8) is 0 Å². The van der Waals surface area contributed by atoms with E-state index in [0.717, 1.165) is 25.7 Å². The zero-order valence-corrected chi connectivity index (χ0v) is 15.3. The molecule has 2 aromatic rings. The van der Waals surface area contributed by atoms with E-state index in [1.54, 1.807) is 12.2 Å². The van der Waals surface area contributed by atoms with Gasteiger partial charge in [0.15, 0.2) is 5.78 Å². The number of hydrogen-bond donors (Lipinski definition) is 0. The first kappa shape index (κ1) is 17.9. The molecule has 138 valence electrons. The van der Waals surface area contributed by atoms with Crippen molar-refractivity contribution >= 4 is 5.78 Å². The number of ether oxygens (including phenoxy) is 2. The minimum Gasteiger partial charge on any atom is -0.337 e. The number of ketones is 1. The lowest BCUT2D eigenvalue weighted by Gasteiger charge is -2.22. The molecule has 3 nitrogen and oxygen atoms in total. The average molecular weight is 360 g/mol. The number of benzene rings is 2. The van der Waals surface area contributed by atoms with Crippen molar-refractivity contribution in [1.82, 2.24) is 0 Å². The summed E-state index contributed by atoms with van der Waals surface area (Å²) in [4.78, 5) is 11.5. The molecule has 2 aromatic carbocycles. The van der Waals surface area contributed by atoms with Gasteiger partial charge >= 0.3 is 0 Å². The van der Waals surface area contributed by atoms with Gasteiger partial charge in [-0.2, -0.15) is 0 Å². The third-order valence-corrected chi connectivity index (χ3v) is 5.17. The fraction of sp³-hybridized carbons (Fsp3) is 0.292. The Bertz CT molecular complexity index is 754. The molecular formula is C24H24O3. The van der Waals surface area contributed by atoms with Crippen LogP contribution in [0.15, 0.2) is 85.0 Å². The lowest BCUT2D eigenvalue weighted by atomic mass is 9.99. The minimum absolute atomic E-state index is 0.00331. The van der Waals surface area contributed by atoms with Crippen molar-refractivity contribution in [2.24, 2.45) is 0 Å². The lowest BCUT2D eigenvalue weighted by Crippen LogP contribution is -2.28. The molecule has 0 bridgehead atoms. The summed E-state index contributed by atoms with van der Waals surface area (Å²) in [6.07, 6.45) is 10.2. The fourth-order valence-electron chi connectivity index (χ4n) is 3.71. The smallest absolute Gasteiger partial charge is 0.209 e. The molecule has 1 saturated heterocycles. The predicted octanol–water partition coefficient (Wildman–Crippen LogP) is 4.43. The molecule has 0 amide bonds. The van der Waals surface area contributed by atoms with Gasteiger partial charge in [-0.1, -0.05) is 60.7 Å². The zero-order valence-electron chi connectivity index (χ0n) is 15.3.